The van der Waals surface area contributed by atoms with Crippen molar-refractivity contribution in [2.75, 3.05) is 13.1 Å². The number of aryl methyl sites for hydroxylation is 1. The molecule has 0 spiro atoms. The van der Waals surface area contributed by atoms with Crippen LogP contribution in [0.15, 0.2) is 52.4 Å². The summed E-state index contributed by atoms with van der Waals surface area (Å²) in [5, 5.41) is 11.1. The van der Waals surface area contributed by atoms with Gasteiger partial charge in [-0.25, -0.2) is 8.42 Å². The van der Waals surface area contributed by atoms with E-state index < -0.39 is 20.9 Å². The van der Waals surface area contributed by atoms with E-state index in [1.165, 1.54) is 52.0 Å². The Kier molecular flexibility index (Phi) is 7.20. The Morgan fingerprint density at radius 1 is 1.14 bits per heavy atom. The lowest BCUT2D eigenvalue weighted by molar-refractivity contribution is -0.384. The fraction of sp³-hybridized carbons (Fsp3) is 0.417. The number of benzene rings is 2. The largest absolute Gasteiger partial charge is 0.316 e. The molecule has 0 radical (unpaired) electrons. The van der Waals surface area contributed by atoms with E-state index in [1.807, 2.05) is 11.5 Å². The summed E-state index contributed by atoms with van der Waals surface area (Å²) in [4.78, 5) is 28.5. The molecule has 1 fully saturated rings. The van der Waals surface area contributed by atoms with Crippen molar-refractivity contribution in [1.29, 1.82) is 0 Å². The SMILES string of the molecule is CCCn1c(=NC(=O)c2ccc(S(=O)(=O)N3CC(C)CC(C)C3)cc2)sc2cc([N+](=O)[O-])ccc21. The van der Waals surface area contributed by atoms with Crippen LogP contribution < -0.4 is 4.80 Å². The van der Waals surface area contributed by atoms with Crippen LogP contribution in [0.2, 0.25) is 0 Å². The number of thiazole rings is 1. The van der Waals surface area contributed by atoms with Gasteiger partial charge >= 0.3 is 0 Å². The van der Waals surface area contributed by atoms with E-state index in [9.17, 15) is 23.3 Å². The molecule has 0 N–H and O–H groups in total. The first-order valence-corrected chi connectivity index (χ1v) is 13.8. The standard InChI is InChI=1S/C24H28N4O5S2/c1-4-11-27-21-10-7-19(28(30)31)13-22(21)34-24(27)25-23(29)18-5-8-20(9-6-18)35(32,33)26-14-16(2)12-17(3)15-26/h5-10,13,16-17H,4,11-12,14-15H2,1-3H3. The Balaban J connectivity index is 1.64. The zero-order valence-electron chi connectivity index (χ0n) is 19.9. The Hall–Kier alpha value is -2.89. The van der Waals surface area contributed by atoms with Crippen LogP contribution in [0.25, 0.3) is 10.2 Å². The molecule has 0 aliphatic carbocycles. The normalized spacial score (nSPS) is 19.8. The zero-order valence-corrected chi connectivity index (χ0v) is 21.5. The molecule has 2 heterocycles. The maximum atomic E-state index is 13.1. The fourth-order valence-corrected chi connectivity index (χ4v) is 7.34. The second-order valence-electron chi connectivity index (χ2n) is 9.15. The number of carbonyl (C=O) groups is 1. The number of carbonyl (C=O) groups excluding carboxylic acids is 1. The number of fused-ring (bicyclic) bond motifs is 1. The Labute approximate surface area is 207 Å². The van der Waals surface area contributed by atoms with Gasteiger partial charge in [0.1, 0.15) is 0 Å². The van der Waals surface area contributed by atoms with Gasteiger partial charge in [-0.15, -0.1) is 0 Å². The van der Waals surface area contributed by atoms with E-state index in [4.69, 9.17) is 0 Å². The van der Waals surface area contributed by atoms with Gasteiger partial charge < -0.3 is 4.57 Å². The zero-order chi connectivity index (χ0) is 25.3. The topological polar surface area (TPSA) is 115 Å². The van der Waals surface area contributed by atoms with Crippen molar-refractivity contribution in [3.8, 4) is 0 Å². The van der Waals surface area contributed by atoms with Crippen LogP contribution in [0.3, 0.4) is 0 Å². The molecule has 186 valence electrons. The quantitative estimate of drug-likeness (QED) is 0.355. The monoisotopic (exact) mass is 516 g/mol. The molecule has 9 nitrogen and oxygen atoms in total. The number of nitro benzene ring substituents is 1. The average molecular weight is 517 g/mol. The number of nitro groups is 1. The summed E-state index contributed by atoms with van der Waals surface area (Å²) in [5.41, 5.74) is 1.03. The minimum atomic E-state index is -3.64. The maximum Gasteiger partial charge on any atom is 0.279 e. The van der Waals surface area contributed by atoms with Crippen LogP contribution in [0.4, 0.5) is 5.69 Å². The van der Waals surface area contributed by atoms with Gasteiger partial charge in [0.15, 0.2) is 4.80 Å². The van der Waals surface area contributed by atoms with Crippen molar-refractivity contribution >= 4 is 43.2 Å². The molecule has 0 saturated carbocycles. The Morgan fingerprint density at radius 3 is 2.40 bits per heavy atom. The van der Waals surface area contributed by atoms with Crippen molar-refractivity contribution in [2.24, 2.45) is 16.8 Å². The van der Waals surface area contributed by atoms with Crippen molar-refractivity contribution in [3.05, 3.63) is 62.9 Å². The number of non-ortho nitro benzene ring substituents is 1. The van der Waals surface area contributed by atoms with Gasteiger partial charge in [-0.3, -0.25) is 14.9 Å². The predicted molar refractivity (Wildman–Crippen MR) is 135 cm³/mol. The molecule has 1 saturated heterocycles. The van der Waals surface area contributed by atoms with Crippen LogP contribution in [0.1, 0.15) is 44.0 Å². The summed E-state index contributed by atoms with van der Waals surface area (Å²) < 4.78 is 30.3. The number of hydrogen-bond acceptors (Lipinski definition) is 6. The third kappa shape index (κ3) is 5.21. The smallest absolute Gasteiger partial charge is 0.279 e. The first-order valence-electron chi connectivity index (χ1n) is 11.6. The summed E-state index contributed by atoms with van der Waals surface area (Å²) in [5.74, 6) is 0.0940. The van der Waals surface area contributed by atoms with Crippen molar-refractivity contribution < 1.29 is 18.1 Å². The van der Waals surface area contributed by atoms with E-state index in [-0.39, 0.29) is 16.1 Å². The molecule has 2 unspecified atom stereocenters. The molecule has 4 rings (SSSR count). The molecule has 1 amide bonds. The van der Waals surface area contributed by atoms with Gasteiger partial charge in [0.05, 0.1) is 20.0 Å². The molecule has 1 aliphatic rings. The third-order valence-corrected chi connectivity index (χ3v) is 8.98. The molecular formula is C24H28N4O5S2. The van der Waals surface area contributed by atoms with Crippen molar-refractivity contribution in [1.82, 2.24) is 8.87 Å². The van der Waals surface area contributed by atoms with Crippen molar-refractivity contribution in [3.63, 3.8) is 0 Å². The first kappa shape index (κ1) is 25.2. The van der Waals surface area contributed by atoms with Crippen LogP contribution in [-0.2, 0) is 16.6 Å². The highest BCUT2D eigenvalue weighted by Crippen LogP contribution is 2.27. The van der Waals surface area contributed by atoms with Crippen LogP contribution in [-0.4, -0.2) is 41.2 Å². The van der Waals surface area contributed by atoms with Crippen LogP contribution >= 0.6 is 11.3 Å². The predicted octanol–water partition coefficient (Wildman–Crippen LogP) is 4.43. The van der Waals surface area contributed by atoms with Crippen LogP contribution in [0.5, 0.6) is 0 Å². The summed E-state index contributed by atoms with van der Waals surface area (Å²) in [6.07, 6.45) is 1.80. The minimum Gasteiger partial charge on any atom is -0.316 e. The number of amides is 1. The highest BCUT2D eigenvalue weighted by atomic mass is 32.2. The van der Waals surface area contributed by atoms with Gasteiger partial charge in [0.2, 0.25) is 10.0 Å². The van der Waals surface area contributed by atoms with Gasteiger partial charge in [0, 0.05) is 37.3 Å². The highest BCUT2D eigenvalue weighted by Gasteiger charge is 2.31. The lowest BCUT2D eigenvalue weighted by Crippen LogP contribution is -2.42. The Morgan fingerprint density at radius 2 is 1.80 bits per heavy atom. The third-order valence-electron chi connectivity index (χ3n) is 6.10. The fourth-order valence-electron chi connectivity index (χ4n) is 4.57. The van der Waals surface area contributed by atoms with E-state index in [0.717, 1.165) is 18.4 Å². The highest BCUT2D eigenvalue weighted by molar-refractivity contribution is 7.89. The number of rotatable bonds is 6. The van der Waals surface area contributed by atoms with E-state index in [0.29, 0.717) is 41.0 Å². The van der Waals surface area contributed by atoms with Gasteiger partial charge in [-0.1, -0.05) is 32.1 Å². The molecule has 3 aromatic rings. The van der Waals surface area contributed by atoms with Gasteiger partial charge in [0.25, 0.3) is 11.6 Å². The van der Waals surface area contributed by atoms with E-state index in [2.05, 4.69) is 18.8 Å². The maximum absolute atomic E-state index is 13.1. The molecule has 0 bridgehead atoms. The number of nitrogens with zero attached hydrogens (tertiary/aromatic N) is 4. The van der Waals surface area contributed by atoms with Gasteiger partial charge in [-0.05, 0) is 55.0 Å². The Bertz CT molecular complexity index is 1430. The lowest BCUT2D eigenvalue weighted by Gasteiger charge is -2.34. The second-order valence-corrected chi connectivity index (χ2v) is 12.1. The van der Waals surface area contributed by atoms with E-state index in [1.54, 1.807) is 6.07 Å². The molecule has 11 heteroatoms. The number of aromatic nitrogens is 1. The number of sulfonamides is 1. The molecule has 1 aromatic heterocycles. The number of piperidine rings is 1. The average Bonchev–Trinajstić information content (AvgIpc) is 3.14. The molecule has 2 aromatic carbocycles. The lowest BCUT2D eigenvalue weighted by atomic mass is 9.94. The molecule has 35 heavy (non-hydrogen) atoms. The first-order chi connectivity index (χ1) is 16.6. The summed E-state index contributed by atoms with van der Waals surface area (Å²) >= 11 is 1.21. The molecular weight excluding hydrogens is 488 g/mol. The summed E-state index contributed by atoms with van der Waals surface area (Å²) in [6, 6.07) is 10.5. The minimum absolute atomic E-state index is 0.0189. The summed E-state index contributed by atoms with van der Waals surface area (Å²) in [7, 11) is -3.64. The number of hydrogen-bond donors (Lipinski definition) is 0. The molecule has 2 atom stereocenters. The van der Waals surface area contributed by atoms with Crippen molar-refractivity contribution in [2.45, 2.75) is 45.1 Å². The van der Waals surface area contributed by atoms with E-state index >= 15 is 0 Å². The van der Waals surface area contributed by atoms with Gasteiger partial charge in [-0.2, -0.15) is 9.30 Å². The van der Waals surface area contributed by atoms with Crippen LogP contribution in [0, 0.1) is 22.0 Å². The summed E-state index contributed by atoms with van der Waals surface area (Å²) in [6.45, 7) is 7.69. The molecule has 1 aliphatic heterocycles. The second kappa shape index (κ2) is 10.00.